The predicted molar refractivity (Wildman–Crippen MR) is 68.1 cm³/mol. The molecule has 3 rings (SSSR count). The van der Waals surface area contributed by atoms with Gasteiger partial charge in [-0.2, -0.15) is 0 Å². The van der Waals surface area contributed by atoms with E-state index in [2.05, 4.69) is 34.7 Å². The van der Waals surface area contributed by atoms with Crippen LogP contribution in [0, 0.1) is 0 Å². The van der Waals surface area contributed by atoms with Crippen molar-refractivity contribution in [2.24, 2.45) is 0 Å². The summed E-state index contributed by atoms with van der Waals surface area (Å²) in [6.07, 6.45) is 1.61. The first-order chi connectivity index (χ1) is 8.43. The van der Waals surface area contributed by atoms with E-state index in [1.165, 1.54) is 16.2 Å². The van der Waals surface area contributed by atoms with Crippen LogP contribution in [0.2, 0.25) is 0 Å². The van der Waals surface area contributed by atoms with Gasteiger partial charge in [-0.25, -0.2) is 0 Å². The summed E-state index contributed by atoms with van der Waals surface area (Å²) in [6.45, 7) is 1.77. The van der Waals surface area contributed by atoms with Gasteiger partial charge in [0.15, 0.2) is 0 Å². The largest absolute Gasteiger partial charge is 0.364 e. The van der Waals surface area contributed by atoms with Gasteiger partial charge < -0.3 is 9.84 Å². The standard InChI is InChI=1S/C13H14N2OS/c1-2-4-13-12(3-1)10(9-17-13)7-14-8-11-5-6-16-15-11/h1-6,10,14H,7-9H2. The van der Waals surface area contributed by atoms with Gasteiger partial charge in [0, 0.05) is 35.7 Å². The molecule has 3 nitrogen and oxygen atoms in total. The first-order valence-electron chi connectivity index (χ1n) is 5.75. The molecule has 4 heteroatoms. The van der Waals surface area contributed by atoms with E-state index in [-0.39, 0.29) is 0 Å². The molecule has 0 saturated heterocycles. The molecule has 1 aromatic carbocycles. The molecule has 1 aromatic heterocycles. The number of rotatable bonds is 4. The Morgan fingerprint density at radius 3 is 3.18 bits per heavy atom. The Hall–Kier alpha value is -1.26. The smallest absolute Gasteiger partial charge is 0.124 e. The van der Waals surface area contributed by atoms with Crippen LogP contribution in [-0.4, -0.2) is 17.5 Å². The highest BCUT2D eigenvalue weighted by atomic mass is 32.2. The van der Waals surface area contributed by atoms with Crippen LogP contribution in [0.25, 0.3) is 0 Å². The summed E-state index contributed by atoms with van der Waals surface area (Å²) in [5.41, 5.74) is 2.44. The van der Waals surface area contributed by atoms with Crippen molar-refractivity contribution in [3.05, 3.63) is 47.9 Å². The average Bonchev–Trinajstić information content (AvgIpc) is 2.99. The Morgan fingerprint density at radius 2 is 2.29 bits per heavy atom. The van der Waals surface area contributed by atoms with Crippen LogP contribution in [0.15, 0.2) is 46.0 Å². The predicted octanol–water partition coefficient (Wildman–Crippen LogP) is 2.65. The summed E-state index contributed by atoms with van der Waals surface area (Å²) in [5.74, 6) is 1.79. The minimum atomic E-state index is 0.614. The zero-order valence-electron chi connectivity index (χ0n) is 9.43. The van der Waals surface area contributed by atoms with E-state index in [1.807, 2.05) is 17.8 Å². The van der Waals surface area contributed by atoms with Gasteiger partial charge in [-0.05, 0) is 11.6 Å². The highest BCUT2D eigenvalue weighted by Gasteiger charge is 2.21. The summed E-state index contributed by atoms with van der Waals surface area (Å²) in [6, 6.07) is 10.6. The fourth-order valence-electron chi connectivity index (χ4n) is 2.10. The first kappa shape index (κ1) is 10.9. The average molecular weight is 246 g/mol. The van der Waals surface area contributed by atoms with Gasteiger partial charge in [0.2, 0.25) is 0 Å². The van der Waals surface area contributed by atoms with E-state index in [4.69, 9.17) is 4.52 Å². The maximum absolute atomic E-state index is 4.80. The number of nitrogens with zero attached hydrogens (tertiary/aromatic N) is 1. The van der Waals surface area contributed by atoms with Crippen molar-refractivity contribution in [1.29, 1.82) is 0 Å². The Labute approximate surface area is 105 Å². The fourth-order valence-corrected chi connectivity index (χ4v) is 3.36. The first-order valence-corrected chi connectivity index (χ1v) is 6.74. The normalized spacial score (nSPS) is 18.2. The topological polar surface area (TPSA) is 38.1 Å². The molecule has 0 saturated carbocycles. The highest BCUT2D eigenvalue weighted by molar-refractivity contribution is 7.99. The number of fused-ring (bicyclic) bond motifs is 1. The quantitative estimate of drug-likeness (QED) is 0.900. The number of hydrogen-bond donors (Lipinski definition) is 1. The molecule has 1 N–H and O–H groups in total. The molecule has 1 atom stereocenters. The molecule has 0 aliphatic carbocycles. The number of nitrogens with one attached hydrogen (secondary N) is 1. The van der Waals surface area contributed by atoms with E-state index in [9.17, 15) is 0 Å². The van der Waals surface area contributed by atoms with Gasteiger partial charge in [0.25, 0.3) is 0 Å². The molecule has 0 fully saturated rings. The number of hydrogen-bond acceptors (Lipinski definition) is 4. The Balaban J connectivity index is 1.57. The van der Waals surface area contributed by atoms with Crippen molar-refractivity contribution >= 4 is 11.8 Å². The van der Waals surface area contributed by atoms with Crippen molar-refractivity contribution < 1.29 is 4.52 Å². The van der Waals surface area contributed by atoms with Gasteiger partial charge in [-0.15, -0.1) is 11.8 Å². The molecule has 2 aromatic rings. The lowest BCUT2D eigenvalue weighted by Crippen LogP contribution is -2.21. The molecule has 0 spiro atoms. The second-order valence-electron chi connectivity index (χ2n) is 4.17. The van der Waals surface area contributed by atoms with Crippen LogP contribution >= 0.6 is 11.8 Å². The van der Waals surface area contributed by atoms with Crippen LogP contribution in [-0.2, 0) is 6.54 Å². The Bertz CT molecular complexity index is 484. The maximum atomic E-state index is 4.80. The molecule has 0 bridgehead atoms. The summed E-state index contributed by atoms with van der Waals surface area (Å²) in [4.78, 5) is 1.43. The molecule has 2 heterocycles. The molecule has 1 aliphatic heterocycles. The second kappa shape index (κ2) is 4.94. The number of benzene rings is 1. The van der Waals surface area contributed by atoms with Gasteiger partial charge in [-0.3, -0.25) is 0 Å². The number of aromatic nitrogens is 1. The van der Waals surface area contributed by atoms with E-state index in [0.29, 0.717) is 5.92 Å². The van der Waals surface area contributed by atoms with Gasteiger partial charge in [0.05, 0.1) is 5.69 Å². The third kappa shape index (κ3) is 2.37. The van der Waals surface area contributed by atoms with Crippen molar-refractivity contribution in [3.8, 4) is 0 Å². The Kier molecular flexibility index (Phi) is 3.16. The summed E-state index contributed by atoms with van der Waals surface area (Å²) >= 11 is 1.95. The molecule has 0 radical (unpaired) electrons. The van der Waals surface area contributed by atoms with Crippen LogP contribution in [0.3, 0.4) is 0 Å². The molecule has 17 heavy (non-hydrogen) atoms. The second-order valence-corrected chi connectivity index (χ2v) is 5.23. The molecule has 0 amide bonds. The summed E-state index contributed by atoms with van der Waals surface area (Å²) in [5, 5.41) is 7.32. The molecule has 88 valence electrons. The van der Waals surface area contributed by atoms with E-state index in [1.54, 1.807) is 6.26 Å². The zero-order chi connectivity index (χ0) is 11.5. The maximum Gasteiger partial charge on any atom is 0.124 e. The van der Waals surface area contributed by atoms with Crippen LogP contribution in [0.4, 0.5) is 0 Å². The fraction of sp³-hybridized carbons (Fsp3) is 0.308. The molecular formula is C13H14N2OS. The minimum absolute atomic E-state index is 0.614. The zero-order valence-corrected chi connectivity index (χ0v) is 10.2. The minimum Gasteiger partial charge on any atom is -0.364 e. The van der Waals surface area contributed by atoms with Gasteiger partial charge >= 0.3 is 0 Å². The van der Waals surface area contributed by atoms with Crippen LogP contribution < -0.4 is 5.32 Å². The lowest BCUT2D eigenvalue weighted by atomic mass is 10.0. The van der Waals surface area contributed by atoms with Crippen molar-refractivity contribution in [1.82, 2.24) is 10.5 Å². The van der Waals surface area contributed by atoms with Crippen molar-refractivity contribution in [2.45, 2.75) is 17.4 Å². The third-order valence-corrected chi connectivity index (χ3v) is 4.24. The van der Waals surface area contributed by atoms with Crippen LogP contribution in [0.1, 0.15) is 17.2 Å². The SMILES string of the molecule is c1ccc2c(c1)SCC2CNCc1ccon1. The molecule has 1 unspecified atom stereocenters. The van der Waals surface area contributed by atoms with Crippen LogP contribution in [0.5, 0.6) is 0 Å². The lowest BCUT2D eigenvalue weighted by molar-refractivity contribution is 0.408. The third-order valence-electron chi connectivity index (χ3n) is 2.99. The highest BCUT2D eigenvalue weighted by Crippen LogP contribution is 2.38. The Morgan fingerprint density at radius 1 is 1.35 bits per heavy atom. The van der Waals surface area contributed by atoms with Crippen molar-refractivity contribution in [3.63, 3.8) is 0 Å². The lowest BCUT2D eigenvalue weighted by Gasteiger charge is -2.10. The van der Waals surface area contributed by atoms with E-state index < -0.39 is 0 Å². The van der Waals surface area contributed by atoms with Gasteiger partial charge in [0.1, 0.15) is 6.26 Å². The monoisotopic (exact) mass is 246 g/mol. The number of thioether (sulfide) groups is 1. The van der Waals surface area contributed by atoms with Crippen molar-refractivity contribution in [2.75, 3.05) is 12.3 Å². The van der Waals surface area contributed by atoms with Gasteiger partial charge in [-0.1, -0.05) is 23.4 Å². The van der Waals surface area contributed by atoms with E-state index in [0.717, 1.165) is 18.8 Å². The summed E-state index contributed by atoms with van der Waals surface area (Å²) < 4.78 is 4.80. The summed E-state index contributed by atoms with van der Waals surface area (Å²) in [7, 11) is 0. The van der Waals surface area contributed by atoms with E-state index >= 15 is 0 Å². The molecular weight excluding hydrogens is 232 g/mol. The molecule has 1 aliphatic rings.